The zero-order chi connectivity index (χ0) is 13.5. The van der Waals surface area contributed by atoms with Crippen molar-refractivity contribution in [1.82, 2.24) is 5.32 Å². The summed E-state index contributed by atoms with van der Waals surface area (Å²) in [5.41, 5.74) is 1.04. The third-order valence-corrected chi connectivity index (χ3v) is 3.23. The van der Waals surface area contributed by atoms with Crippen LogP contribution in [0.1, 0.15) is 38.7 Å². The fourth-order valence-electron chi connectivity index (χ4n) is 1.99. The lowest BCUT2D eigenvalue weighted by Gasteiger charge is -2.23. The number of carbonyl (C=O) groups is 1. The monoisotopic (exact) mass is 249 g/mol. The van der Waals surface area contributed by atoms with E-state index in [1.165, 1.54) is 0 Å². The highest BCUT2D eigenvalue weighted by molar-refractivity contribution is 5.83. The highest BCUT2D eigenvalue weighted by atomic mass is 16.3. The maximum Gasteiger partial charge on any atom is 0.227 e. The molecule has 100 valence electrons. The number of benzene rings is 1. The van der Waals surface area contributed by atoms with Crippen molar-refractivity contribution in [3.63, 3.8) is 0 Å². The first-order chi connectivity index (χ1) is 8.56. The van der Waals surface area contributed by atoms with Crippen LogP contribution in [0.25, 0.3) is 0 Å². The van der Waals surface area contributed by atoms with E-state index in [1.807, 2.05) is 30.3 Å². The first-order valence-electron chi connectivity index (χ1n) is 6.57. The number of carbonyl (C=O) groups excluding carboxylic acids is 1. The topological polar surface area (TPSA) is 49.3 Å². The summed E-state index contributed by atoms with van der Waals surface area (Å²) in [6.45, 7) is 6.14. The van der Waals surface area contributed by atoms with Crippen molar-refractivity contribution < 1.29 is 9.90 Å². The molecular weight excluding hydrogens is 226 g/mol. The third-order valence-electron chi connectivity index (χ3n) is 3.23. The highest BCUT2D eigenvalue weighted by Crippen LogP contribution is 2.26. The fourth-order valence-corrected chi connectivity index (χ4v) is 1.99. The van der Waals surface area contributed by atoms with Crippen LogP contribution in [0.2, 0.25) is 0 Å². The van der Waals surface area contributed by atoms with Crippen molar-refractivity contribution in [2.45, 2.75) is 39.2 Å². The van der Waals surface area contributed by atoms with Crippen molar-refractivity contribution >= 4 is 5.91 Å². The molecule has 0 saturated heterocycles. The lowest BCUT2D eigenvalue weighted by molar-refractivity contribution is -0.124. The predicted molar refractivity (Wildman–Crippen MR) is 73.3 cm³/mol. The van der Waals surface area contributed by atoms with Gasteiger partial charge in [-0.05, 0) is 18.4 Å². The minimum absolute atomic E-state index is 0.00329. The first-order valence-corrected chi connectivity index (χ1v) is 6.57. The van der Waals surface area contributed by atoms with Gasteiger partial charge in [-0.3, -0.25) is 4.79 Å². The molecule has 3 unspecified atom stereocenters. The minimum atomic E-state index is -0.512. The van der Waals surface area contributed by atoms with Crippen LogP contribution in [0.5, 0.6) is 0 Å². The van der Waals surface area contributed by atoms with E-state index in [2.05, 4.69) is 19.2 Å². The molecule has 0 aliphatic carbocycles. The highest BCUT2D eigenvalue weighted by Gasteiger charge is 2.25. The van der Waals surface area contributed by atoms with Gasteiger partial charge < -0.3 is 10.4 Å². The van der Waals surface area contributed by atoms with Crippen molar-refractivity contribution in [2.75, 3.05) is 6.54 Å². The number of aliphatic hydroxyl groups is 1. The Hall–Kier alpha value is -1.35. The summed E-state index contributed by atoms with van der Waals surface area (Å²) in [7, 11) is 0. The number of hydrogen-bond donors (Lipinski definition) is 2. The second-order valence-electron chi connectivity index (χ2n) is 4.87. The number of amides is 1. The Balaban J connectivity index is 2.82. The Morgan fingerprint density at radius 3 is 2.39 bits per heavy atom. The predicted octanol–water partition coefficient (Wildman–Crippen LogP) is 2.31. The van der Waals surface area contributed by atoms with Crippen LogP contribution in [0, 0.1) is 5.92 Å². The average molecular weight is 249 g/mol. The molecule has 1 amide bonds. The Bertz CT molecular complexity index is 362. The Morgan fingerprint density at radius 1 is 1.28 bits per heavy atom. The molecule has 0 bridgehead atoms. The van der Waals surface area contributed by atoms with Gasteiger partial charge in [0, 0.05) is 6.54 Å². The molecule has 0 fully saturated rings. The van der Waals surface area contributed by atoms with Gasteiger partial charge in [-0.2, -0.15) is 0 Å². The molecule has 2 N–H and O–H groups in total. The molecule has 0 radical (unpaired) electrons. The summed E-state index contributed by atoms with van der Waals surface area (Å²) in [5.74, 6) is 0.132. The van der Waals surface area contributed by atoms with Crippen LogP contribution >= 0.6 is 0 Å². The van der Waals surface area contributed by atoms with Gasteiger partial charge in [0.1, 0.15) is 0 Å². The molecule has 3 nitrogen and oxygen atoms in total. The Morgan fingerprint density at radius 2 is 1.89 bits per heavy atom. The summed E-state index contributed by atoms with van der Waals surface area (Å²) in [4.78, 5) is 12.2. The van der Waals surface area contributed by atoms with E-state index in [9.17, 15) is 9.90 Å². The molecule has 3 atom stereocenters. The van der Waals surface area contributed by atoms with E-state index in [1.54, 1.807) is 6.92 Å². The van der Waals surface area contributed by atoms with Gasteiger partial charge in [0.2, 0.25) is 5.91 Å². The molecule has 0 aliphatic rings. The third kappa shape index (κ3) is 4.15. The van der Waals surface area contributed by atoms with Crippen LogP contribution in [-0.2, 0) is 4.79 Å². The van der Waals surface area contributed by atoms with Crippen molar-refractivity contribution in [1.29, 1.82) is 0 Å². The zero-order valence-corrected chi connectivity index (χ0v) is 11.4. The molecule has 1 rings (SSSR count). The maximum atomic E-state index is 12.2. The second-order valence-corrected chi connectivity index (χ2v) is 4.87. The molecule has 0 aromatic heterocycles. The van der Waals surface area contributed by atoms with Gasteiger partial charge in [0.05, 0.1) is 12.0 Å². The smallest absolute Gasteiger partial charge is 0.227 e. The van der Waals surface area contributed by atoms with Crippen LogP contribution in [0.4, 0.5) is 0 Å². The zero-order valence-electron chi connectivity index (χ0n) is 11.4. The maximum absolute atomic E-state index is 12.2. The van der Waals surface area contributed by atoms with Crippen molar-refractivity contribution in [2.24, 2.45) is 5.92 Å². The van der Waals surface area contributed by atoms with E-state index < -0.39 is 6.10 Å². The van der Waals surface area contributed by atoms with Crippen LogP contribution in [-0.4, -0.2) is 23.7 Å². The number of aliphatic hydroxyl groups excluding tert-OH is 1. The van der Waals surface area contributed by atoms with Crippen molar-refractivity contribution in [3.8, 4) is 0 Å². The molecule has 18 heavy (non-hydrogen) atoms. The summed E-state index contributed by atoms with van der Waals surface area (Å²) in [6, 6.07) is 9.82. The van der Waals surface area contributed by atoms with Gasteiger partial charge >= 0.3 is 0 Å². The first kappa shape index (κ1) is 14.7. The summed E-state index contributed by atoms with van der Waals surface area (Å²) >= 11 is 0. The van der Waals surface area contributed by atoms with Gasteiger partial charge in [-0.25, -0.2) is 0 Å². The van der Waals surface area contributed by atoms with Crippen molar-refractivity contribution in [3.05, 3.63) is 35.9 Å². The molecule has 0 saturated carbocycles. The quantitative estimate of drug-likeness (QED) is 0.813. The number of hydrogen-bond acceptors (Lipinski definition) is 2. The van der Waals surface area contributed by atoms with Gasteiger partial charge in [0.25, 0.3) is 0 Å². The van der Waals surface area contributed by atoms with E-state index >= 15 is 0 Å². The second kappa shape index (κ2) is 7.17. The summed E-state index contributed by atoms with van der Waals surface area (Å²) in [5, 5.41) is 12.0. The lowest BCUT2D eigenvalue weighted by Crippen LogP contribution is -2.36. The SMILES string of the molecule is CCC(C)C(C(=O)NCC(C)O)c1ccccc1. The Kier molecular flexibility index (Phi) is 5.86. The van der Waals surface area contributed by atoms with E-state index in [0.29, 0.717) is 6.54 Å². The van der Waals surface area contributed by atoms with E-state index in [4.69, 9.17) is 0 Å². The molecule has 1 aromatic rings. The normalized spacial score (nSPS) is 15.8. The largest absolute Gasteiger partial charge is 0.392 e. The van der Waals surface area contributed by atoms with Gasteiger partial charge in [0.15, 0.2) is 0 Å². The molecule has 1 aromatic carbocycles. The lowest BCUT2D eigenvalue weighted by atomic mass is 9.85. The fraction of sp³-hybridized carbons (Fsp3) is 0.533. The minimum Gasteiger partial charge on any atom is -0.392 e. The van der Waals surface area contributed by atoms with E-state index in [0.717, 1.165) is 12.0 Å². The Labute approximate surface area is 109 Å². The van der Waals surface area contributed by atoms with Gasteiger partial charge in [-0.1, -0.05) is 50.6 Å². The number of nitrogens with one attached hydrogen (secondary N) is 1. The molecular formula is C15H23NO2. The molecule has 3 heteroatoms. The number of rotatable bonds is 6. The van der Waals surface area contributed by atoms with Crippen LogP contribution in [0.3, 0.4) is 0 Å². The molecule has 0 spiro atoms. The average Bonchev–Trinajstić information content (AvgIpc) is 2.37. The molecule has 0 aliphatic heterocycles. The summed E-state index contributed by atoms with van der Waals surface area (Å²) < 4.78 is 0. The van der Waals surface area contributed by atoms with Crippen LogP contribution < -0.4 is 5.32 Å². The molecule has 0 heterocycles. The van der Waals surface area contributed by atoms with E-state index in [-0.39, 0.29) is 17.7 Å². The van der Waals surface area contributed by atoms with Crippen LogP contribution in [0.15, 0.2) is 30.3 Å². The van der Waals surface area contributed by atoms with Gasteiger partial charge in [-0.15, -0.1) is 0 Å². The summed E-state index contributed by atoms with van der Waals surface area (Å²) in [6.07, 6.45) is 0.434. The standard InChI is InChI=1S/C15H23NO2/c1-4-11(2)14(13-8-6-5-7-9-13)15(18)16-10-12(3)17/h5-9,11-12,14,17H,4,10H2,1-3H3,(H,16,18).